The minimum atomic E-state index is -0.170. The zero-order valence-corrected chi connectivity index (χ0v) is 12.4. The summed E-state index contributed by atoms with van der Waals surface area (Å²) >= 11 is 3.34. The second-order valence-electron chi connectivity index (χ2n) is 4.27. The second-order valence-corrected chi connectivity index (χ2v) is 5.18. The maximum atomic E-state index is 12.1. The number of rotatable bonds is 3. The number of hydrogen-bond donors (Lipinski definition) is 1. The number of carbonyl (C=O) groups excluding carboxylic acids is 1. The van der Waals surface area contributed by atoms with Gasteiger partial charge in [-0.15, -0.1) is 5.10 Å². The Hall–Kier alpha value is -2.54. The van der Waals surface area contributed by atoms with Crippen LogP contribution in [0.2, 0.25) is 0 Å². The molecule has 0 fully saturated rings. The highest BCUT2D eigenvalue weighted by Crippen LogP contribution is 2.16. The maximum Gasteiger partial charge on any atom is 0.255 e. The molecule has 3 aromatic rings. The number of amides is 1. The van der Waals surface area contributed by atoms with Crippen molar-refractivity contribution in [2.24, 2.45) is 0 Å². The molecule has 0 spiro atoms. The number of benzene rings is 2. The van der Waals surface area contributed by atoms with Crippen molar-refractivity contribution in [1.82, 2.24) is 20.2 Å². The van der Waals surface area contributed by atoms with Crippen molar-refractivity contribution in [3.63, 3.8) is 0 Å². The van der Waals surface area contributed by atoms with E-state index in [0.717, 1.165) is 10.2 Å². The van der Waals surface area contributed by atoms with Crippen molar-refractivity contribution in [2.75, 3.05) is 5.32 Å². The minimum absolute atomic E-state index is 0.170. The van der Waals surface area contributed by atoms with Crippen LogP contribution in [0.15, 0.2) is 59.3 Å². The molecule has 0 saturated heterocycles. The number of aromatic nitrogens is 4. The van der Waals surface area contributed by atoms with Gasteiger partial charge in [-0.25, -0.2) is 4.68 Å². The SMILES string of the molecule is O=C(Nc1cccc(-n2cnnn2)c1)c1ccc(Br)cc1. The van der Waals surface area contributed by atoms with Crippen LogP contribution in [0.5, 0.6) is 0 Å². The molecule has 0 aliphatic rings. The van der Waals surface area contributed by atoms with Crippen molar-refractivity contribution in [3.05, 3.63) is 64.9 Å². The summed E-state index contributed by atoms with van der Waals surface area (Å²) in [4.78, 5) is 12.1. The van der Waals surface area contributed by atoms with Crippen molar-refractivity contribution < 1.29 is 4.79 Å². The normalized spacial score (nSPS) is 10.3. The van der Waals surface area contributed by atoms with Gasteiger partial charge < -0.3 is 5.32 Å². The average Bonchev–Trinajstić information content (AvgIpc) is 3.02. The van der Waals surface area contributed by atoms with Crippen LogP contribution in [-0.4, -0.2) is 26.1 Å². The smallest absolute Gasteiger partial charge is 0.255 e. The van der Waals surface area contributed by atoms with Gasteiger partial charge in [0.25, 0.3) is 5.91 Å². The average molecular weight is 344 g/mol. The number of anilines is 1. The molecule has 1 aromatic heterocycles. The van der Waals surface area contributed by atoms with Crippen LogP contribution < -0.4 is 5.32 Å². The quantitative estimate of drug-likeness (QED) is 0.793. The largest absolute Gasteiger partial charge is 0.322 e. The fourth-order valence-corrected chi connectivity index (χ4v) is 2.07. The molecule has 3 rings (SSSR count). The molecule has 0 atom stereocenters. The number of halogens is 1. The van der Waals surface area contributed by atoms with Gasteiger partial charge in [0.05, 0.1) is 5.69 Å². The Kier molecular flexibility index (Phi) is 3.74. The Bertz CT molecular complexity index is 755. The number of carbonyl (C=O) groups is 1. The Morgan fingerprint density at radius 1 is 1.14 bits per heavy atom. The summed E-state index contributed by atoms with van der Waals surface area (Å²) in [6, 6.07) is 14.5. The topological polar surface area (TPSA) is 72.7 Å². The molecule has 7 heteroatoms. The summed E-state index contributed by atoms with van der Waals surface area (Å²) in [6.45, 7) is 0. The zero-order valence-electron chi connectivity index (χ0n) is 10.8. The summed E-state index contributed by atoms with van der Waals surface area (Å²) in [5.74, 6) is -0.170. The highest BCUT2D eigenvalue weighted by molar-refractivity contribution is 9.10. The first-order valence-electron chi connectivity index (χ1n) is 6.13. The monoisotopic (exact) mass is 343 g/mol. The Balaban J connectivity index is 1.80. The van der Waals surface area contributed by atoms with E-state index in [2.05, 4.69) is 36.8 Å². The lowest BCUT2D eigenvalue weighted by Crippen LogP contribution is -2.12. The van der Waals surface area contributed by atoms with Gasteiger partial charge in [-0.3, -0.25) is 4.79 Å². The summed E-state index contributed by atoms with van der Waals surface area (Å²) in [7, 11) is 0. The van der Waals surface area contributed by atoms with Gasteiger partial charge in [-0.2, -0.15) is 0 Å². The van der Waals surface area contributed by atoms with Crippen molar-refractivity contribution in [2.45, 2.75) is 0 Å². The van der Waals surface area contributed by atoms with E-state index in [4.69, 9.17) is 0 Å². The standard InChI is InChI=1S/C14H10BrN5O/c15-11-6-4-10(5-7-11)14(21)17-12-2-1-3-13(8-12)20-9-16-18-19-20/h1-9H,(H,17,21). The van der Waals surface area contributed by atoms with Crippen molar-refractivity contribution >= 4 is 27.5 Å². The number of hydrogen-bond acceptors (Lipinski definition) is 4. The molecular weight excluding hydrogens is 334 g/mol. The predicted molar refractivity (Wildman–Crippen MR) is 81.2 cm³/mol. The number of nitrogens with zero attached hydrogens (tertiary/aromatic N) is 4. The summed E-state index contributed by atoms with van der Waals surface area (Å²) in [6.07, 6.45) is 1.50. The van der Waals surface area contributed by atoms with Crippen LogP contribution in [0, 0.1) is 0 Å². The van der Waals surface area contributed by atoms with Crippen LogP contribution in [0.3, 0.4) is 0 Å². The Morgan fingerprint density at radius 3 is 2.67 bits per heavy atom. The van der Waals surface area contributed by atoms with E-state index in [1.807, 2.05) is 30.3 Å². The molecule has 0 unspecified atom stereocenters. The number of tetrazole rings is 1. The lowest BCUT2D eigenvalue weighted by Gasteiger charge is -2.07. The maximum absolute atomic E-state index is 12.1. The molecular formula is C14H10BrN5O. The van der Waals surface area contributed by atoms with Crippen LogP contribution >= 0.6 is 15.9 Å². The van der Waals surface area contributed by atoms with E-state index < -0.39 is 0 Å². The highest BCUT2D eigenvalue weighted by Gasteiger charge is 2.07. The second kappa shape index (κ2) is 5.84. The molecule has 6 nitrogen and oxygen atoms in total. The zero-order chi connectivity index (χ0) is 14.7. The van der Waals surface area contributed by atoms with Crippen LogP contribution in [0.4, 0.5) is 5.69 Å². The van der Waals surface area contributed by atoms with Gasteiger partial charge in [-0.1, -0.05) is 22.0 Å². The van der Waals surface area contributed by atoms with E-state index in [1.165, 1.54) is 11.0 Å². The predicted octanol–water partition coefficient (Wildman–Crippen LogP) is 2.68. The van der Waals surface area contributed by atoms with E-state index in [1.54, 1.807) is 18.2 Å². The molecule has 0 saturated carbocycles. The van der Waals surface area contributed by atoms with E-state index >= 15 is 0 Å². The van der Waals surface area contributed by atoms with Gasteiger partial charge in [0.15, 0.2) is 0 Å². The fourth-order valence-electron chi connectivity index (χ4n) is 1.81. The third-order valence-electron chi connectivity index (χ3n) is 2.82. The molecule has 0 radical (unpaired) electrons. The molecule has 2 aromatic carbocycles. The first kappa shape index (κ1) is 13.4. The summed E-state index contributed by atoms with van der Waals surface area (Å²) in [5.41, 5.74) is 2.04. The van der Waals surface area contributed by atoms with E-state index in [-0.39, 0.29) is 5.91 Å². The van der Waals surface area contributed by atoms with Gasteiger partial charge in [0.2, 0.25) is 0 Å². The number of nitrogens with one attached hydrogen (secondary N) is 1. The fraction of sp³-hybridized carbons (Fsp3) is 0. The van der Waals surface area contributed by atoms with Crippen molar-refractivity contribution in [1.29, 1.82) is 0 Å². The summed E-state index contributed by atoms with van der Waals surface area (Å²) < 4.78 is 2.45. The molecule has 0 bridgehead atoms. The lowest BCUT2D eigenvalue weighted by molar-refractivity contribution is 0.102. The molecule has 1 N–H and O–H groups in total. The molecule has 0 aliphatic carbocycles. The third kappa shape index (κ3) is 3.14. The lowest BCUT2D eigenvalue weighted by atomic mass is 10.2. The Labute approximate surface area is 128 Å². The van der Waals surface area contributed by atoms with E-state index in [9.17, 15) is 4.79 Å². The molecule has 1 heterocycles. The molecule has 104 valence electrons. The third-order valence-corrected chi connectivity index (χ3v) is 3.35. The van der Waals surface area contributed by atoms with Gasteiger partial charge in [-0.05, 0) is 52.9 Å². The van der Waals surface area contributed by atoms with Gasteiger partial charge >= 0.3 is 0 Å². The highest BCUT2D eigenvalue weighted by atomic mass is 79.9. The van der Waals surface area contributed by atoms with Gasteiger partial charge in [0, 0.05) is 15.7 Å². The minimum Gasteiger partial charge on any atom is -0.322 e. The van der Waals surface area contributed by atoms with Crippen LogP contribution in [-0.2, 0) is 0 Å². The van der Waals surface area contributed by atoms with Crippen LogP contribution in [0.25, 0.3) is 5.69 Å². The Morgan fingerprint density at radius 2 is 1.95 bits per heavy atom. The van der Waals surface area contributed by atoms with Gasteiger partial charge in [0.1, 0.15) is 6.33 Å². The summed E-state index contributed by atoms with van der Waals surface area (Å²) in [5, 5.41) is 13.8. The molecule has 1 amide bonds. The molecule has 0 aliphatic heterocycles. The first-order valence-corrected chi connectivity index (χ1v) is 6.92. The first-order chi connectivity index (χ1) is 10.2. The van der Waals surface area contributed by atoms with E-state index in [0.29, 0.717) is 11.3 Å². The molecule has 21 heavy (non-hydrogen) atoms. The van der Waals surface area contributed by atoms with Crippen LogP contribution in [0.1, 0.15) is 10.4 Å². The van der Waals surface area contributed by atoms with Crippen molar-refractivity contribution in [3.8, 4) is 5.69 Å².